The van der Waals surface area contributed by atoms with Crippen LogP contribution in [0.3, 0.4) is 0 Å². The third-order valence-corrected chi connectivity index (χ3v) is 6.00. The van der Waals surface area contributed by atoms with Crippen LogP contribution in [0.15, 0.2) is 54.6 Å². The lowest BCUT2D eigenvalue weighted by molar-refractivity contribution is -0.137. The van der Waals surface area contributed by atoms with Crippen LogP contribution < -0.4 is 4.90 Å². The van der Waals surface area contributed by atoms with Gasteiger partial charge in [-0.3, -0.25) is 0 Å². The number of aromatic nitrogens is 3. The molecule has 0 atom stereocenters. The summed E-state index contributed by atoms with van der Waals surface area (Å²) in [5.41, 5.74) is 2.16. The predicted molar refractivity (Wildman–Crippen MR) is 124 cm³/mol. The maximum atomic E-state index is 13.3. The number of rotatable bonds is 4. The van der Waals surface area contributed by atoms with Gasteiger partial charge in [0.25, 0.3) is 0 Å². The van der Waals surface area contributed by atoms with Gasteiger partial charge in [0.05, 0.1) is 35.5 Å². The van der Waals surface area contributed by atoms with E-state index >= 15 is 0 Å². The van der Waals surface area contributed by atoms with Crippen LogP contribution in [0.4, 0.5) is 18.9 Å². The average molecular weight is 482 g/mol. The summed E-state index contributed by atoms with van der Waals surface area (Å²) in [6, 6.07) is 13.9. The van der Waals surface area contributed by atoms with Crippen LogP contribution in [-0.2, 0) is 10.9 Å². The highest BCUT2D eigenvalue weighted by molar-refractivity contribution is 6.00. The number of hydrogen-bond donors (Lipinski definition) is 1. The van der Waals surface area contributed by atoms with Gasteiger partial charge in [0.1, 0.15) is 0 Å². The van der Waals surface area contributed by atoms with Crippen molar-refractivity contribution in [1.82, 2.24) is 14.8 Å². The number of pyridine rings is 1. The van der Waals surface area contributed by atoms with E-state index in [0.29, 0.717) is 29.9 Å². The molecular weight excluding hydrogens is 461 g/mol. The fourth-order valence-electron chi connectivity index (χ4n) is 4.29. The summed E-state index contributed by atoms with van der Waals surface area (Å²) in [5, 5.41) is 14.7. The molecule has 5 rings (SSSR count). The van der Waals surface area contributed by atoms with Crippen LogP contribution in [0.5, 0.6) is 0 Å². The lowest BCUT2D eigenvalue weighted by Gasteiger charge is -2.29. The molecule has 180 valence electrons. The van der Waals surface area contributed by atoms with Gasteiger partial charge in [-0.25, -0.2) is 14.5 Å². The van der Waals surface area contributed by atoms with E-state index in [-0.39, 0.29) is 17.0 Å². The first-order chi connectivity index (χ1) is 16.7. The van der Waals surface area contributed by atoms with Gasteiger partial charge in [-0.1, -0.05) is 18.2 Å². The number of fused-ring (bicyclic) bond motifs is 1. The number of ether oxygens (including phenoxy) is 1. The van der Waals surface area contributed by atoms with Crippen LogP contribution in [0, 0.1) is 6.92 Å². The monoisotopic (exact) mass is 482 g/mol. The topological polar surface area (TPSA) is 80.5 Å². The summed E-state index contributed by atoms with van der Waals surface area (Å²) in [5.74, 6) is -1.24. The molecule has 0 bridgehead atoms. The van der Waals surface area contributed by atoms with Gasteiger partial charge < -0.3 is 14.7 Å². The lowest BCUT2D eigenvalue weighted by Crippen LogP contribution is -2.36. The van der Waals surface area contributed by atoms with Crippen molar-refractivity contribution in [1.29, 1.82) is 0 Å². The quantitative estimate of drug-likeness (QED) is 0.444. The zero-order chi connectivity index (χ0) is 24.7. The van der Waals surface area contributed by atoms with E-state index in [1.54, 1.807) is 6.92 Å². The Balaban J connectivity index is 1.66. The molecule has 3 heterocycles. The number of alkyl halides is 3. The molecule has 10 heteroatoms. The number of hydrogen-bond acceptors (Lipinski definition) is 5. The van der Waals surface area contributed by atoms with Crippen LogP contribution in [0.25, 0.3) is 27.8 Å². The van der Waals surface area contributed by atoms with Crippen molar-refractivity contribution in [2.75, 3.05) is 31.2 Å². The number of carbonyl (C=O) groups is 1. The molecule has 1 saturated heterocycles. The molecule has 1 fully saturated rings. The van der Waals surface area contributed by atoms with E-state index in [1.807, 2.05) is 24.3 Å². The fourth-order valence-corrected chi connectivity index (χ4v) is 4.29. The fraction of sp³-hybridized carbons (Fsp3) is 0.240. The van der Waals surface area contributed by atoms with Gasteiger partial charge in [-0.15, -0.1) is 0 Å². The third-order valence-electron chi connectivity index (χ3n) is 6.00. The summed E-state index contributed by atoms with van der Waals surface area (Å²) in [6.45, 7) is 4.60. The molecule has 1 aliphatic heterocycles. The average Bonchev–Trinajstić information content (AvgIpc) is 3.20. The minimum absolute atomic E-state index is 0.140. The Morgan fingerprint density at radius 2 is 1.74 bits per heavy atom. The molecule has 0 aliphatic carbocycles. The molecule has 0 saturated carbocycles. The molecular formula is C25H21F3N4O3. The van der Waals surface area contributed by atoms with E-state index in [9.17, 15) is 23.1 Å². The SMILES string of the molecule is Cc1nn(-c2cccc(C(F)(F)F)c2)c2nc(C(=O)O)cc(-c3ccc(N4CCOCC4)cc3)c12. The number of aromatic carboxylic acids is 1. The molecule has 0 radical (unpaired) electrons. The maximum absolute atomic E-state index is 13.3. The van der Waals surface area contributed by atoms with Crippen LogP contribution in [0.1, 0.15) is 21.7 Å². The first kappa shape index (κ1) is 22.9. The zero-order valence-electron chi connectivity index (χ0n) is 18.7. The normalized spacial score (nSPS) is 14.5. The minimum atomic E-state index is -4.53. The van der Waals surface area contributed by atoms with Crippen molar-refractivity contribution >= 4 is 22.7 Å². The highest BCUT2D eigenvalue weighted by Gasteiger charge is 2.31. The Bertz CT molecular complexity index is 1410. The second-order valence-corrected chi connectivity index (χ2v) is 8.25. The first-order valence-corrected chi connectivity index (χ1v) is 11.0. The standard InChI is InChI=1S/C25H21F3N4O3/c1-15-22-20(16-5-7-18(8-6-16)31-9-11-35-12-10-31)14-21(24(33)34)29-23(22)32(30-15)19-4-2-3-17(13-19)25(26,27)28/h2-8,13-14H,9-12H2,1H3,(H,33,34). The molecule has 0 spiro atoms. The van der Waals surface area contributed by atoms with Gasteiger partial charge in [0.15, 0.2) is 11.3 Å². The molecule has 2 aromatic heterocycles. The molecule has 1 N–H and O–H groups in total. The Morgan fingerprint density at radius 3 is 2.40 bits per heavy atom. The molecule has 4 aromatic rings. The Hall–Kier alpha value is -3.92. The smallest absolute Gasteiger partial charge is 0.416 e. The highest BCUT2D eigenvalue weighted by Crippen LogP contribution is 2.35. The van der Waals surface area contributed by atoms with E-state index in [2.05, 4.69) is 15.0 Å². The second kappa shape index (κ2) is 8.70. The van der Waals surface area contributed by atoms with Crippen molar-refractivity contribution < 1.29 is 27.8 Å². The van der Waals surface area contributed by atoms with Crippen LogP contribution in [0.2, 0.25) is 0 Å². The lowest BCUT2D eigenvalue weighted by atomic mass is 10.0. The maximum Gasteiger partial charge on any atom is 0.416 e. The molecule has 35 heavy (non-hydrogen) atoms. The van der Waals surface area contributed by atoms with Crippen molar-refractivity contribution in [2.24, 2.45) is 0 Å². The van der Waals surface area contributed by atoms with Crippen molar-refractivity contribution in [3.05, 3.63) is 71.5 Å². The highest BCUT2D eigenvalue weighted by atomic mass is 19.4. The third kappa shape index (κ3) is 4.32. The summed E-state index contributed by atoms with van der Waals surface area (Å²) < 4.78 is 46.5. The second-order valence-electron chi connectivity index (χ2n) is 8.25. The Morgan fingerprint density at radius 1 is 1.03 bits per heavy atom. The van der Waals surface area contributed by atoms with E-state index in [4.69, 9.17) is 4.74 Å². The summed E-state index contributed by atoms with van der Waals surface area (Å²) in [7, 11) is 0. The van der Waals surface area contributed by atoms with E-state index in [1.165, 1.54) is 22.9 Å². The number of morpholine rings is 1. The number of nitrogens with zero attached hydrogens (tertiary/aromatic N) is 4. The van der Waals surface area contributed by atoms with Gasteiger partial charge in [0.2, 0.25) is 0 Å². The number of carboxylic acid groups (broad SMARTS) is 1. The van der Waals surface area contributed by atoms with E-state index < -0.39 is 17.7 Å². The summed E-state index contributed by atoms with van der Waals surface area (Å²) in [6.07, 6.45) is -4.53. The molecule has 0 unspecified atom stereocenters. The van der Waals surface area contributed by atoms with Crippen LogP contribution >= 0.6 is 0 Å². The number of anilines is 1. The molecule has 1 aliphatic rings. The van der Waals surface area contributed by atoms with Gasteiger partial charge in [-0.2, -0.15) is 18.3 Å². The van der Waals surface area contributed by atoms with Crippen molar-refractivity contribution in [3.8, 4) is 16.8 Å². The summed E-state index contributed by atoms with van der Waals surface area (Å²) in [4.78, 5) is 18.3. The van der Waals surface area contributed by atoms with Crippen molar-refractivity contribution in [2.45, 2.75) is 13.1 Å². The molecule has 0 amide bonds. The number of carboxylic acids is 1. The van der Waals surface area contributed by atoms with Gasteiger partial charge in [0, 0.05) is 18.8 Å². The van der Waals surface area contributed by atoms with Crippen LogP contribution in [-0.4, -0.2) is 52.1 Å². The van der Waals surface area contributed by atoms with E-state index in [0.717, 1.165) is 36.5 Å². The largest absolute Gasteiger partial charge is 0.477 e. The predicted octanol–water partition coefficient (Wildman–Crippen LogP) is 4.95. The van der Waals surface area contributed by atoms with Gasteiger partial charge in [-0.05, 0) is 54.4 Å². The number of halogens is 3. The Kier molecular flexibility index (Phi) is 5.68. The number of benzene rings is 2. The van der Waals surface area contributed by atoms with Gasteiger partial charge >= 0.3 is 12.1 Å². The molecule has 7 nitrogen and oxygen atoms in total. The Labute approximate surface area is 198 Å². The minimum Gasteiger partial charge on any atom is -0.477 e. The molecule has 2 aromatic carbocycles. The van der Waals surface area contributed by atoms with Crippen molar-refractivity contribution in [3.63, 3.8) is 0 Å². The number of aryl methyl sites for hydroxylation is 1. The summed E-state index contributed by atoms with van der Waals surface area (Å²) >= 11 is 0. The first-order valence-electron chi connectivity index (χ1n) is 11.0. The zero-order valence-corrected chi connectivity index (χ0v) is 18.7.